The van der Waals surface area contributed by atoms with Crippen LogP contribution in [-0.2, 0) is 4.79 Å². The third kappa shape index (κ3) is 2.92. The first-order valence-corrected chi connectivity index (χ1v) is 3.45. The fraction of sp³-hybridized carbons (Fsp3) is 0.750. The molecule has 1 amide bonds. The normalized spacial score (nSPS) is 14.5. The van der Waals surface area contributed by atoms with Crippen LogP contribution in [-0.4, -0.2) is 33.5 Å². The average molecular weight is 206 g/mol. The minimum atomic E-state index is -1.85. The average Bonchev–Trinajstić information content (AvgIpc) is 1.83. The van der Waals surface area contributed by atoms with Crippen molar-refractivity contribution in [2.24, 2.45) is 0 Å². The predicted octanol–water partition coefficient (Wildman–Crippen LogP) is 0.763. The molecular weight excluding hydrogens is 200 g/mol. The summed E-state index contributed by atoms with van der Waals surface area (Å²) in [7, 11) is 1.31. The first-order valence-electron chi connectivity index (χ1n) is 2.31. The predicted molar refractivity (Wildman–Crippen MR) is 40.1 cm³/mol. The molecule has 0 aliphatic rings. The quantitative estimate of drug-likeness (QED) is 0.412. The van der Waals surface area contributed by atoms with E-state index in [9.17, 15) is 4.79 Å². The highest BCUT2D eigenvalue weighted by Gasteiger charge is 2.33. The van der Waals surface area contributed by atoms with E-state index in [-0.39, 0.29) is 0 Å². The van der Waals surface area contributed by atoms with Gasteiger partial charge in [-0.25, -0.2) is 0 Å². The van der Waals surface area contributed by atoms with Crippen LogP contribution in [0.2, 0.25) is 0 Å². The molecule has 0 aromatic heterocycles. The number of carbonyl (C=O) groups excluding carboxylic acids is 1. The first kappa shape index (κ1) is 10.3. The van der Waals surface area contributed by atoms with Gasteiger partial charge in [-0.1, -0.05) is 34.8 Å². The number of carbonyl (C=O) groups is 1. The highest BCUT2D eigenvalue weighted by atomic mass is 35.6. The van der Waals surface area contributed by atoms with Gasteiger partial charge in [-0.2, -0.15) is 0 Å². The van der Waals surface area contributed by atoms with Crippen molar-refractivity contribution >= 4 is 41.2 Å². The van der Waals surface area contributed by atoms with E-state index in [0.29, 0.717) is 6.41 Å². The van der Waals surface area contributed by atoms with E-state index in [2.05, 4.69) is 0 Å². The molecule has 1 atom stereocenters. The van der Waals surface area contributed by atoms with Crippen LogP contribution in [0, 0.1) is 0 Å². The van der Waals surface area contributed by atoms with Crippen molar-refractivity contribution in [3.05, 3.63) is 0 Å². The van der Waals surface area contributed by atoms with Crippen LogP contribution in [0.3, 0.4) is 0 Å². The van der Waals surface area contributed by atoms with E-state index in [4.69, 9.17) is 39.9 Å². The first-order chi connectivity index (χ1) is 4.39. The second kappa shape index (κ2) is 3.62. The molecular formula is C4H6Cl3NO2. The third-order valence-corrected chi connectivity index (χ3v) is 1.43. The van der Waals surface area contributed by atoms with Gasteiger partial charge in [-0.15, -0.1) is 0 Å². The van der Waals surface area contributed by atoms with Gasteiger partial charge < -0.3 is 10.0 Å². The highest BCUT2D eigenvalue weighted by Crippen LogP contribution is 2.30. The molecule has 0 radical (unpaired) electrons. The van der Waals surface area contributed by atoms with Crippen LogP contribution in [0.15, 0.2) is 0 Å². The maximum absolute atomic E-state index is 9.98. The van der Waals surface area contributed by atoms with E-state index < -0.39 is 10.0 Å². The molecule has 0 aromatic rings. The number of hydrogen-bond acceptors (Lipinski definition) is 2. The third-order valence-electron chi connectivity index (χ3n) is 0.845. The largest absolute Gasteiger partial charge is 0.369 e. The van der Waals surface area contributed by atoms with Crippen molar-refractivity contribution in [2.75, 3.05) is 7.05 Å². The lowest BCUT2D eigenvalue weighted by Crippen LogP contribution is -2.40. The molecule has 0 aromatic carbocycles. The van der Waals surface area contributed by atoms with Crippen molar-refractivity contribution in [3.63, 3.8) is 0 Å². The Kier molecular flexibility index (Phi) is 3.73. The lowest BCUT2D eigenvalue weighted by molar-refractivity contribution is -0.124. The summed E-state index contributed by atoms with van der Waals surface area (Å²) in [5, 5.41) is 8.95. The molecule has 0 saturated carbocycles. The highest BCUT2D eigenvalue weighted by molar-refractivity contribution is 6.68. The van der Waals surface area contributed by atoms with E-state index in [1.807, 2.05) is 0 Å². The molecule has 1 unspecified atom stereocenters. The smallest absolute Gasteiger partial charge is 0.234 e. The molecule has 0 rings (SSSR count). The fourth-order valence-corrected chi connectivity index (χ4v) is 0.750. The van der Waals surface area contributed by atoms with Gasteiger partial charge in [0.25, 0.3) is 0 Å². The number of hydrogen-bond donors (Lipinski definition) is 1. The molecule has 0 aliphatic carbocycles. The zero-order valence-electron chi connectivity index (χ0n) is 5.09. The maximum Gasteiger partial charge on any atom is 0.234 e. The molecule has 3 nitrogen and oxygen atoms in total. The van der Waals surface area contributed by atoms with Gasteiger partial charge in [0.05, 0.1) is 0 Å². The zero-order chi connectivity index (χ0) is 8.36. The molecule has 0 bridgehead atoms. The van der Waals surface area contributed by atoms with Gasteiger partial charge in [0.15, 0.2) is 6.23 Å². The Morgan fingerprint density at radius 3 is 2.10 bits per heavy atom. The van der Waals surface area contributed by atoms with Gasteiger partial charge in [0.2, 0.25) is 10.2 Å². The van der Waals surface area contributed by atoms with Crippen molar-refractivity contribution in [1.29, 1.82) is 0 Å². The van der Waals surface area contributed by atoms with Gasteiger partial charge >= 0.3 is 0 Å². The summed E-state index contributed by atoms with van der Waals surface area (Å²) < 4.78 is -1.85. The van der Waals surface area contributed by atoms with Gasteiger partial charge in [0.1, 0.15) is 0 Å². The lowest BCUT2D eigenvalue weighted by Gasteiger charge is -2.24. The van der Waals surface area contributed by atoms with Crippen molar-refractivity contribution < 1.29 is 9.90 Å². The molecule has 0 saturated heterocycles. The van der Waals surface area contributed by atoms with Crippen LogP contribution in [0.4, 0.5) is 0 Å². The second-order valence-corrected chi connectivity index (χ2v) is 4.06. The molecule has 10 heavy (non-hydrogen) atoms. The zero-order valence-corrected chi connectivity index (χ0v) is 7.36. The lowest BCUT2D eigenvalue weighted by atomic mass is 10.6. The monoisotopic (exact) mass is 205 g/mol. The summed E-state index contributed by atoms with van der Waals surface area (Å²) in [4.78, 5) is 10.8. The summed E-state index contributed by atoms with van der Waals surface area (Å²) in [6.07, 6.45) is -1.04. The summed E-state index contributed by atoms with van der Waals surface area (Å²) in [6, 6.07) is 0. The van der Waals surface area contributed by atoms with Crippen molar-refractivity contribution in [2.45, 2.75) is 10.0 Å². The summed E-state index contributed by atoms with van der Waals surface area (Å²) in [6.45, 7) is 0. The maximum atomic E-state index is 9.98. The Labute approximate surface area is 73.5 Å². The van der Waals surface area contributed by atoms with Gasteiger partial charge in [0, 0.05) is 7.05 Å². The molecule has 0 spiro atoms. The number of rotatable bonds is 2. The van der Waals surface area contributed by atoms with Crippen LogP contribution >= 0.6 is 34.8 Å². The molecule has 0 heterocycles. The topological polar surface area (TPSA) is 40.5 Å². The van der Waals surface area contributed by atoms with Crippen LogP contribution in [0.5, 0.6) is 0 Å². The van der Waals surface area contributed by atoms with Gasteiger partial charge in [-0.05, 0) is 0 Å². The fourth-order valence-electron chi connectivity index (χ4n) is 0.289. The van der Waals surface area contributed by atoms with E-state index in [0.717, 1.165) is 4.90 Å². The molecule has 1 N–H and O–H groups in total. The summed E-state index contributed by atoms with van der Waals surface area (Å²) in [5.74, 6) is 0. The Morgan fingerprint density at radius 1 is 1.60 bits per heavy atom. The Hall–Kier alpha value is 0.300. The van der Waals surface area contributed by atoms with Crippen LogP contribution < -0.4 is 0 Å². The standard InChI is InChI=1S/C4H6Cl3NO2/c1-8(2-9)3(10)4(5,6)7/h2-3,10H,1H3. The minimum Gasteiger partial charge on any atom is -0.369 e. The van der Waals surface area contributed by atoms with E-state index in [1.54, 1.807) is 0 Å². The number of halogens is 3. The summed E-state index contributed by atoms with van der Waals surface area (Å²) >= 11 is 15.7. The van der Waals surface area contributed by atoms with E-state index >= 15 is 0 Å². The Morgan fingerprint density at radius 2 is 2.00 bits per heavy atom. The second-order valence-electron chi connectivity index (χ2n) is 1.69. The molecule has 60 valence electrons. The number of alkyl halides is 3. The number of nitrogens with zero attached hydrogens (tertiary/aromatic N) is 1. The number of aliphatic hydroxyl groups excluding tert-OH is 1. The Bertz CT molecular complexity index is 124. The molecule has 6 heteroatoms. The number of aliphatic hydroxyl groups is 1. The van der Waals surface area contributed by atoms with Crippen molar-refractivity contribution in [3.8, 4) is 0 Å². The van der Waals surface area contributed by atoms with Crippen molar-refractivity contribution in [1.82, 2.24) is 4.90 Å². The minimum absolute atomic E-state index is 0.368. The van der Waals surface area contributed by atoms with Crippen LogP contribution in [0.25, 0.3) is 0 Å². The Balaban J connectivity index is 4.07. The van der Waals surface area contributed by atoms with Crippen LogP contribution in [0.1, 0.15) is 0 Å². The van der Waals surface area contributed by atoms with E-state index in [1.165, 1.54) is 7.05 Å². The van der Waals surface area contributed by atoms with Gasteiger partial charge in [-0.3, -0.25) is 4.79 Å². The number of amides is 1. The SMILES string of the molecule is CN(C=O)C(O)C(Cl)(Cl)Cl. The molecule has 0 aliphatic heterocycles. The summed E-state index contributed by atoms with van der Waals surface area (Å²) in [5.41, 5.74) is 0. The molecule has 0 fully saturated rings.